The van der Waals surface area contributed by atoms with Gasteiger partial charge in [-0.3, -0.25) is 14.9 Å². The van der Waals surface area contributed by atoms with Crippen LogP contribution in [0.4, 0.5) is 5.69 Å². The zero-order valence-corrected chi connectivity index (χ0v) is 16.0. The Hall–Kier alpha value is -3.73. The molecule has 0 aliphatic carbocycles. The maximum absolute atomic E-state index is 12.0. The summed E-state index contributed by atoms with van der Waals surface area (Å²) in [7, 11) is 1.72. The first kappa shape index (κ1) is 20.0. The number of aromatic nitrogens is 3. The van der Waals surface area contributed by atoms with Gasteiger partial charge in [-0.1, -0.05) is 36.0 Å². The van der Waals surface area contributed by atoms with Crippen molar-refractivity contribution >= 4 is 29.6 Å². The summed E-state index contributed by atoms with van der Waals surface area (Å²) in [6.45, 7) is 0. The Morgan fingerprint density at radius 3 is 2.86 bits per heavy atom. The molecule has 3 rings (SSSR count). The second-order valence-corrected chi connectivity index (χ2v) is 6.79. The molecule has 0 fully saturated rings. The molecule has 2 aromatic carbocycles. The molecule has 0 radical (unpaired) electrons. The van der Waals surface area contributed by atoms with Crippen molar-refractivity contribution in [3.05, 3.63) is 64.2 Å². The van der Waals surface area contributed by atoms with Crippen LogP contribution in [-0.4, -0.2) is 42.7 Å². The van der Waals surface area contributed by atoms with E-state index in [0.29, 0.717) is 22.1 Å². The van der Waals surface area contributed by atoms with Crippen molar-refractivity contribution in [2.24, 2.45) is 12.1 Å². The molecule has 3 aromatic rings. The Labute approximate surface area is 169 Å². The third kappa shape index (κ3) is 5.17. The maximum Gasteiger partial charge on any atom is 0.270 e. The van der Waals surface area contributed by atoms with E-state index in [2.05, 4.69) is 20.7 Å². The van der Waals surface area contributed by atoms with E-state index >= 15 is 0 Å². The van der Waals surface area contributed by atoms with Crippen LogP contribution in [0.5, 0.6) is 5.75 Å². The molecule has 0 bridgehead atoms. The number of rotatable bonds is 7. The van der Waals surface area contributed by atoms with Crippen LogP contribution < -0.4 is 5.43 Å². The highest BCUT2D eigenvalue weighted by atomic mass is 32.2. The first-order chi connectivity index (χ1) is 13.9. The monoisotopic (exact) mass is 412 g/mol. The van der Waals surface area contributed by atoms with Gasteiger partial charge in [0.15, 0.2) is 11.0 Å². The molecule has 0 saturated carbocycles. The molecule has 11 heteroatoms. The highest BCUT2D eigenvalue weighted by molar-refractivity contribution is 7.99. The molecular formula is C18H16N6O4S. The molecule has 10 nitrogen and oxygen atoms in total. The molecule has 0 aliphatic heterocycles. The fraction of sp³-hybridized carbons (Fsp3) is 0.111. The van der Waals surface area contributed by atoms with E-state index in [0.717, 1.165) is 11.8 Å². The van der Waals surface area contributed by atoms with E-state index in [-0.39, 0.29) is 23.1 Å². The Kier molecular flexibility index (Phi) is 6.19. The summed E-state index contributed by atoms with van der Waals surface area (Å²) in [5, 5.41) is 32.7. The summed E-state index contributed by atoms with van der Waals surface area (Å²) < 4.78 is 1.66. The summed E-state index contributed by atoms with van der Waals surface area (Å²) in [6, 6.07) is 12.6. The van der Waals surface area contributed by atoms with Gasteiger partial charge < -0.3 is 9.67 Å². The molecule has 0 spiro atoms. The summed E-state index contributed by atoms with van der Waals surface area (Å²) in [4.78, 5) is 22.4. The number of amides is 1. The van der Waals surface area contributed by atoms with Gasteiger partial charge in [0, 0.05) is 24.7 Å². The van der Waals surface area contributed by atoms with Gasteiger partial charge in [0.25, 0.3) is 11.6 Å². The second kappa shape index (κ2) is 8.97. The molecule has 0 saturated heterocycles. The van der Waals surface area contributed by atoms with Gasteiger partial charge in [0.2, 0.25) is 0 Å². The highest BCUT2D eigenvalue weighted by Crippen LogP contribution is 2.25. The van der Waals surface area contributed by atoms with E-state index in [9.17, 15) is 20.0 Å². The van der Waals surface area contributed by atoms with Gasteiger partial charge in [-0.15, -0.1) is 10.2 Å². The van der Waals surface area contributed by atoms with Crippen LogP contribution >= 0.6 is 11.8 Å². The summed E-state index contributed by atoms with van der Waals surface area (Å²) in [6.07, 6.45) is 1.42. The predicted octanol–water partition coefficient (Wildman–Crippen LogP) is 2.34. The number of hydrazone groups is 1. The van der Waals surface area contributed by atoms with Crippen LogP contribution in [0.1, 0.15) is 5.56 Å². The number of aromatic hydroxyl groups is 1. The number of non-ortho nitro benzene ring substituents is 1. The number of carbonyl (C=O) groups is 1. The van der Waals surface area contributed by atoms with Crippen molar-refractivity contribution < 1.29 is 14.8 Å². The van der Waals surface area contributed by atoms with Crippen molar-refractivity contribution in [1.82, 2.24) is 20.2 Å². The Balaban J connectivity index is 1.59. The molecule has 148 valence electrons. The zero-order valence-electron chi connectivity index (χ0n) is 15.2. The number of nitrogens with one attached hydrogen (secondary N) is 1. The third-order valence-corrected chi connectivity index (χ3v) is 4.78. The number of phenols is 1. The number of carbonyl (C=O) groups excluding carboxylic acids is 1. The minimum Gasteiger partial charge on any atom is -0.508 e. The van der Waals surface area contributed by atoms with Gasteiger partial charge in [-0.05, 0) is 17.7 Å². The first-order valence-corrected chi connectivity index (χ1v) is 9.30. The van der Waals surface area contributed by atoms with E-state index in [1.165, 1.54) is 30.5 Å². The van der Waals surface area contributed by atoms with Crippen LogP contribution in [0.15, 0.2) is 58.8 Å². The minimum absolute atomic E-state index is 0.0383. The fourth-order valence-electron chi connectivity index (χ4n) is 2.40. The summed E-state index contributed by atoms with van der Waals surface area (Å²) in [5.74, 6) is 0.278. The molecule has 29 heavy (non-hydrogen) atoms. The van der Waals surface area contributed by atoms with Gasteiger partial charge in [0.1, 0.15) is 5.75 Å². The van der Waals surface area contributed by atoms with Crippen molar-refractivity contribution in [3.63, 3.8) is 0 Å². The topological polar surface area (TPSA) is 136 Å². The summed E-state index contributed by atoms with van der Waals surface area (Å²) >= 11 is 1.16. The standard InChI is InChI=1S/C18H16N6O4S/c1-23-17(13-5-3-6-14(9-13)24(27)28)21-22-18(23)29-11-16(26)20-19-10-12-4-2-7-15(25)8-12/h2-10,25H,11H2,1H3,(H,20,26). The molecule has 2 N–H and O–H groups in total. The van der Waals surface area contributed by atoms with Crippen LogP contribution in [0.2, 0.25) is 0 Å². The quantitative estimate of drug-likeness (QED) is 0.263. The van der Waals surface area contributed by atoms with Gasteiger partial charge in [0.05, 0.1) is 16.9 Å². The molecule has 1 amide bonds. The van der Waals surface area contributed by atoms with E-state index in [1.807, 2.05) is 0 Å². The third-order valence-electron chi connectivity index (χ3n) is 3.76. The smallest absolute Gasteiger partial charge is 0.270 e. The molecule has 0 aliphatic rings. The van der Waals surface area contributed by atoms with E-state index in [4.69, 9.17) is 0 Å². The van der Waals surface area contributed by atoms with Crippen LogP contribution in [0, 0.1) is 10.1 Å². The lowest BCUT2D eigenvalue weighted by Gasteiger charge is -2.04. The van der Waals surface area contributed by atoms with E-state index < -0.39 is 4.92 Å². The lowest BCUT2D eigenvalue weighted by Crippen LogP contribution is -2.19. The van der Waals surface area contributed by atoms with Crippen molar-refractivity contribution in [1.29, 1.82) is 0 Å². The van der Waals surface area contributed by atoms with E-state index in [1.54, 1.807) is 35.9 Å². The second-order valence-electron chi connectivity index (χ2n) is 5.85. The van der Waals surface area contributed by atoms with Crippen LogP contribution in [-0.2, 0) is 11.8 Å². The highest BCUT2D eigenvalue weighted by Gasteiger charge is 2.15. The number of phenolic OH excluding ortho intramolecular Hbond substituents is 1. The average molecular weight is 412 g/mol. The largest absolute Gasteiger partial charge is 0.508 e. The molecule has 1 aromatic heterocycles. The van der Waals surface area contributed by atoms with Gasteiger partial charge in [-0.25, -0.2) is 5.43 Å². The van der Waals surface area contributed by atoms with Crippen LogP contribution in [0.3, 0.4) is 0 Å². The average Bonchev–Trinajstić information content (AvgIpc) is 3.07. The lowest BCUT2D eigenvalue weighted by atomic mass is 10.2. The number of benzene rings is 2. The molecule has 1 heterocycles. The first-order valence-electron chi connectivity index (χ1n) is 8.32. The zero-order chi connectivity index (χ0) is 20.8. The predicted molar refractivity (Wildman–Crippen MR) is 108 cm³/mol. The Morgan fingerprint density at radius 1 is 1.31 bits per heavy atom. The van der Waals surface area contributed by atoms with Gasteiger partial charge >= 0.3 is 0 Å². The summed E-state index contributed by atoms with van der Waals surface area (Å²) in [5.41, 5.74) is 3.56. The number of nitro groups is 1. The SMILES string of the molecule is Cn1c(SCC(=O)NN=Cc2cccc(O)c2)nnc1-c1cccc([N+](=O)[O-])c1. The molecular weight excluding hydrogens is 396 g/mol. The normalized spacial score (nSPS) is 10.9. The number of hydrogen-bond donors (Lipinski definition) is 2. The number of hydrogen-bond acceptors (Lipinski definition) is 8. The fourth-order valence-corrected chi connectivity index (χ4v) is 3.10. The van der Waals surface area contributed by atoms with Crippen molar-refractivity contribution in [3.8, 4) is 17.1 Å². The van der Waals surface area contributed by atoms with Crippen LogP contribution in [0.25, 0.3) is 11.4 Å². The number of nitrogens with zero attached hydrogens (tertiary/aromatic N) is 5. The Bertz CT molecular complexity index is 1080. The molecule has 0 unspecified atom stereocenters. The molecule has 0 atom stereocenters. The van der Waals surface area contributed by atoms with Crippen molar-refractivity contribution in [2.45, 2.75) is 5.16 Å². The van der Waals surface area contributed by atoms with Gasteiger partial charge in [-0.2, -0.15) is 5.10 Å². The number of thioether (sulfide) groups is 1. The van der Waals surface area contributed by atoms with Crippen molar-refractivity contribution in [2.75, 3.05) is 5.75 Å². The minimum atomic E-state index is -0.475. The number of nitro benzene ring substituents is 1. The Morgan fingerprint density at radius 2 is 2.10 bits per heavy atom. The maximum atomic E-state index is 12.0. The lowest BCUT2D eigenvalue weighted by molar-refractivity contribution is -0.384.